The molecule has 0 saturated heterocycles. The molecule has 2 aromatic carbocycles. The first kappa shape index (κ1) is 21.4. The average Bonchev–Trinajstić information content (AvgIpc) is 3.32. The topological polar surface area (TPSA) is 6.48 Å². The number of nitrogens with zero attached hydrogens (tertiary/aromatic N) is 2. The fourth-order valence-corrected chi connectivity index (χ4v) is 6.70. The maximum atomic E-state index is 2.63. The number of hydrogen-bond donors (Lipinski definition) is 0. The lowest BCUT2D eigenvalue weighted by Crippen LogP contribution is -2.48. The summed E-state index contributed by atoms with van der Waals surface area (Å²) in [5.74, 6) is 0.655. The highest BCUT2D eigenvalue weighted by Gasteiger charge is 2.55. The molecule has 0 N–H and O–H groups in total. The molecular weight excluding hydrogens is 388 g/mol. The Bertz CT molecular complexity index is 1040. The molecule has 3 aliphatic rings. The van der Waals surface area contributed by atoms with E-state index in [1.807, 2.05) is 0 Å². The fraction of sp³-hybridized carbons (Fsp3) is 0.467. The molecule has 0 aromatic heterocycles. The summed E-state index contributed by atoms with van der Waals surface area (Å²) in [5.41, 5.74) is 7.12. The molecule has 0 bridgehead atoms. The van der Waals surface area contributed by atoms with E-state index in [0.29, 0.717) is 5.92 Å². The summed E-state index contributed by atoms with van der Waals surface area (Å²) in [6.07, 6.45) is 12.0. The van der Waals surface area contributed by atoms with Gasteiger partial charge in [0.2, 0.25) is 0 Å². The zero-order chi connectivity index (χ0) is 22.5. The van der Waals surface area contributed by atoms with E-state index >= 15 is 0 Å². The van der Waals surface area contributed by atoms with Crippen molar-refractivity contribution in [1.29, 1.82) is 0 Å². The van der Waals surface area contributed by atoms with Crippen LogP contribution in [0.15, 0.2) is 78.3 Å². The second-order valence-electron chi connectivity index (χ2n) is 11.1. The van der Waals surface area contributed by atoms with Crippen LogP contribution in [0.1, 0.15) is 70.9 Å². The molecule has 2 atom stereocenters. The van der Waals surface area contributed by atoms with E-state index in [2.05, 4.69) is 111 Å². The molecule has 168 valence electrons. The summed E-state index contributed by atoms with van der Waals surface area (Å²) in [6.45, 7) is 11.8. The summed E-state index contributed by atoms with van der Waals surface area (Å²) in [6, 6.07) is 20.2. The van der Waals surface area contributed by atoms with Crippen molar-refractivity contribution in [1.82, 2.24) is 4.90 Å². The minimum atomic E-state index is -0.0350. The zero-order valence-corrected chi connectivity index (χ0v) is 20.4. The number of fused-ring (bicyclic) bond motifs is 1. The molecule has 2 heteroatoms. The van der Waals surface area contributed by atoms with E-state index in [4.69, 9.17) is 0 Å². The Hall–Kier alpha value is -2.48. The van der Waals surface area contributed by atoms with Crippen molar-refractivity contribution in [2.45, 2.75) is 78.3 Å². The van der Waals surface area contributed by atoms with E-state index in [1.54, 1.807) is 0 Å². The lowest BCUT2D eigenvalue weighted by Gasteiger charge is -2.43. The molecule has 1 fully saturated rings. The Morgan fingerprint density at radius 3 is 2.16 bits per heavy atom. The van der Waals surface area contributed by atoms with Gasteiger partial charge in [-0.3, -0.25) is 0 Å². The molecule has 0 amide bonds. The molecule has 0 spiro atoms. The molecule has 2 aromatic rings. The van der Waals surface area contributed by atoms with Crippen molar-refractivity contribution in [2.75, 3.05) is 4.90 Å². The van der Waals surface area contributed by atoms with Crippen LogP contribution in [0.25, 0.3) is 0 Å². The van der Waals surface area contributed by atoms with E-state index in [-0.39, 0.29) is 17.0 Å². The monoisotopic (exact) mass is 426 g/mol. The molecule has 32 heavy (non-hydrogen) atoms. The number of rotatable bonds is 3. The highest BCUT2D eigenvalue weighted by molar-refractivity contribution is 5.65. The summed E-state index contributed by atoms with van der Waals surface area (Å²) in [4.78, 5) is 5.26. The predicted molar refractivity (Wildman–Crippen MR) is 135 cm³/mol. The second-order valence-corrected chi connectivity index (χ2v) is 11.1. The number of para-hydroxylation sites is 1. The molecule has 2 aliphatic heterocycles. The van der Waals surface area contributed by atoms with Crippen LogP contribution in [0.4, 0.5) is 5.69 Å². The van der Waals surface area contributed by atoms with Crippen LogP contribution in [-0.4, -0.2) is 11.1 Å². The third kappa shape index (κ3) is 3.14. The van der Waals surface area contributed by atoms with Gasteiger partial charge in [0.05, 0.1) is 11.1 Å². The quantitative estimate of drug-likeness (QED) is 0.495. The Morgan fingerprint density at radius 2 is 1.50 bits per heavy atom. The molecule has 2 heterocycles. The SMILES string of the molecule is CC1=C2N(C=CC2(c2ccccc2)C2CCCCC2)C(C(C)(C)C)N1c1ccccc1C. The van der Waals surface area contributed by atoms with E-state index in [0.717, 1.165) is 0 Å². The summed E-state index contributed by atoms with van der Waals surface area (Å²) in [5, 5.41) is 0. The number of aryl methyl sites for hydroxylation is 1. The third-order valence-electron chi connectivity index (χ3n) is 8.01. The molecule has 0 radical (unpaired) electrons. The van der Waals surface area contributed by atoms with Crippen molar-refractivity contribution in [2.24, 2.45) is 11.3 Å². The van der Waals surface area contributed by atoms with Crippen LogP contribution in [0.5, 0.6) is 0 Å². The average molecular weight is 427 g/mol. The maximum absolute atomic E-state index is 2.63. The lowest BCUT2D eigenvalue weighted by molar-refractivity contribution is 0.182. The summed E-state index contributed by atoms with van der Waals surface area (Å²) >= 11 is 0. The normalized spacial score (nSPS) is 26.2. The first-order valence-electron chi connectivity index (χ1n) is 12.4. The predicted octanol–water partition coefficient (Wildman–Crippen LogP) is 7.77. The minimum absolute atomic E-state index is 0.0350. The van der Waals surface area contributed by atoms with Gasteiger partial charge in [0.1, 0.15) is 6.17 Å². The Balaban J connectivity index is 1.74. The van der Waals surface area contributed by atoms with Gasteiger partial charge < -0.3 is 9.80 Å². The number of anilines is 1. The van der Waals surface area contributed by atoms with Crippen LogP contribution in [0.2, 0.25) is 0 Å². The third-order valence-corrected chi connectivity index (χ3v) is 8.01. The van der Waals surface area contributed by atoms with Crippen molar-refractivity contribution in [3.05, 3.63) is 89.4 Å². The van der Waals surface area contributed by atoms with Crippen molar-refractivity contribution in [3.63, 3.8) is 0 Å². The van der Waals surface area contributed by atoms with Gasteiger partial charge in [-0.05, 0) is 49.8 Å². The molecule has 5 rings (SSSR count). The van der Waals surface area contributed by atoms with Gasteiger partial charge in [-0.1, -0.05) is 94.6 Å². The molecule has 1 aliphatic carbocycles. The van der Waals surface area contributed by atoms with Gasteiger partial charge in [0.15, 0.2) is 0 Å². The fourth-order valence-electron chi connectivity index (χ4n) is 6.70. The van der Waals surface area contributed by atoms with Crippen LogP contribution in [-0.2, 0) is 5.41 Å². The van der Waals surface area contributed by atoms with E-state index in [9.17, 15) is 0 Å². The first-order valence-corrected chi connectivity index (χ1v) is 12.4. The minimum Gasteiger partial charge on any atom is -0.327 e. The van der Waals surface area contributed by atoms with Crippen molar-refractivity contribution in [3.8, 4) is 0 Å². The largest absolute Gasteiger partial charge is 0.327 e. The van der Waals surface area contributed by atoms with Gasteiger partial charge in [0, 0.05) is 23.0 Å². The van der Waals surface area contributed by atoms with Crippen LogP contribution >= 0.6 is 0 Å². The lowest BCUT2D eigenvalue weighted by atomic mass is 9.63. The summed E-state index contributed by atoms with van der Waals surface area (Å²) in [7, 11) is 0. The van der Waals surface area contributed by atoms with Crippen molar-refractivity contribution < 1.29 is 0 Å². The highest BCUT2D eigenvalue weighted by atomic mass is 15.4. The maximum Gasteiger partial charge on any atom is 0.115 e. The molecule has 1 saturated carbocycles. The number of benzene rings is 2. The second kappa shape index (κ2) is 7.83. The Labute approximate surface area is 194 Å². The van der Waals surface area contributed by atoms with Crippen LogP contribution in [0, 0.1) is 18.3 Å². The first-order chi connectivity index (χ1) is 15.4. The molecular formula is C30H38N2. The van der Waals surface area contributed by atoms with Gasteiger partial charge >= 0.3 is 0 Å². The standard InChI is InChI=1S/C30H38N2/c1-22-14-12-13-19-26(22)32-23(2)27-30(24-15-8-6-9-16-24,25-17-10-7-11-18-25)20-21-31(27)28(32)29(3,4)5/h6,8-9,12-16,19-21,25,28H,7,10-11,17-18H2,1-5H3. The van der Waals surface area contributed by atoms with Crippen molar-refractivity contribution >= 4 is 5.69 Å². The Morgan fingerprint density at radius 1 is 0.844 bits per heavy atom. The number of hydrogen-bond acceptors (Lipinski definition) is 2. The smallest absolute Gasteiger partial charge is 0.115 e. The highest BCUT2D eigenvalue weighted by Crippen LogP contribution is 2.57. The summed E-state index contributed by atoms with van der Waals surface area (Å²) < 4.78 is 0. The van der Waals surface area contributed by atoms with E-state index in [1.165, 1.54) is 60.3 Å². The van der Waals surface area contributed by atoms with Gasteiger partial charge in [-0.2, -0.15) is 0 Å². The van der Waals surface area contributed by atoms with Crippen LogP contribution in [0.3, 0.4) is 0 Å². The molecule has 2 nitrogen and oxygen atoms in total. The van der Waals surface area contributed by atoms with Gasteiger partial charge in [-0.25, -0.2) is 0 Å². The Kier molecular flexibility index (Phi) is 5.23. The molecule has 2 unspecified atom stereocenters. The van der Waals surface area contributed by atoms with Gasteiger partial charge in [-0.15, -0.1) is 0 Å². The zero-order valence-electron chi connectivity index (χ0n) is 20.4. The number of allylic oxidation sites excluding steroid dienone is 2. The van der Waals surface area contributed by atoms with Crippen LogP contribution < -0.4 is 4.90 Å². The van der Waals surface area contributed by atoms with Gasteiger partial charge in [0.25, 0.3) is 0 Å². The van der Waals surface area contributed by atoms with E-state index < -0.39 is 0 Å².